The van der Waals surface area contributed by atoms with Crippen molar-refractivity contribution in [2.24, 2.45) is 5.92 Å². The summed E-state index contributed by atoms with van der Waals surface area (Å²) in [5, 5.41) is 6.53. The maximum absolute atomic E-state index is 11.8. The van der Waals surface area contributed by atoms with Crippen molar-refractivity contribution in [1.82, 2.24) is 10.6 Å². The van der Waals surface area contributed by atoms with Gasteiger partial charge in [-0.05, 0) is 44.6 Å². The normalized spacial score (nSPS) is 32.4. The lowest BCUT2D eigenvalue weighted by molar-refractivity contribution is -0.121. The predicted molar refractivity (Wildman–Crippen MR) is 71.4 cm³/mol. The van der Waals surface area contributed by atoms with Gasteiger partial charge in [-0.15, -0.1) is 0 Å². The monoisotopic (exact) mass is 254 g/mol. The van der Waals surface area contributed by atoms with Crippen molar-refractivity contribution in [1.29, 1.82) is 0 Å². The fraction of sp³-hybridized carbons (Fsp3) is 0.929. The molecule has 0 aromatic carbocycles. The lowest BCUT2D eigenvalue weighted by Gasteiger charge is -2.30. The van der Waals surface area contributed by atoms with Crippen molar-refractivity contribution < 1.29 is 9.53 Å². The van der Waals surface area contributed by atoms with Gasteiger partial charge in [-0.1, -0.05) is 6.92 Å². The Balaban J connectivity index is 1.58. The van der Waals surface area contributed by atoms with E-state index < -0.39 is 0 Å². The van der Waals surface area contributed by atoms with Gasteiger partial charge in [-0.25, -0.2) is 0 Å². The van der Waals surface area contributed by atoms with Crippen LogP contribution in [0.4, 0.5) is 0 Å². The third-order valence-corrected chi connectivity index (χ3v) is 4.17. The molecule has 0 spiro atoms. The van der Waals surface area contributed by atoms with Gasteiger partial charge in [0.05, 0.1) is 6.10 Å². The van der Waals surface area contributed by atoms with E-state index in [2.05, 4.69) is 17.6 Å². The summed E-state index contributed by atoms with van der Waals surface area (Å²) in [4.78, 5) is 11.8. The molecule has 3 unspecified atom stereocenters. The van der Waals surface area contributed by atoms with Crippen LogP contribution < -0.4 is 10.6 Å². The predicted octanol–water partition coefficient (Wildman–Crippen LogP) is 1.45. The van der Waals surface area contributed by atoms with E-state index in [0.29, 0.717) is 24.5 Å². The molecule has 0 saturated carbocycles. The average Bonchev–Trinajstić information content (AvgIpc) is 2.88. The molecule has 2 aliphatic rings. The van der Waals surface area contributed by atoms with Crippen LogP contribution in [0.3, 0.4) is 0 Å². The number of carbonyl (C=O) groups is 1. The Morgan fingerprint density at radius 3 is 3.00 bits per heavy atom. The van der Waals surface area contributed by atoms with Crippen molar-refractivity contribution >= 4 is 5.91 Å². The molecule has 18 heavy (non-hydrogen) atoms. The zero-order valence-electron chi connectivity index (χ0n) is 11.4. The number of hydrogen-bond acceptors (Lipinski definition) is 3. The second-order valence-electron chi connectivity index (χ2n) is 5.66. The topological polar surface area (TPSA) is 50.4 Å². The minimum Gasteiger partial charge on any atom is -0.378 e. The van der Waals surface area contributed by atoms with Crippen LogP contribution in [-0.4, -0.2) is 37.7 Å². The second kappa shape index (κ2) is 7.10. The summed E-state index contributed by atoms with van der Waals surface area (Å²) in [5.41, 5.74) is 0. The molecule has 0 radical (unpaired) electrons. The van der Waals surface area contributed by atoms with Crippen molar-refractivity contribution in [3.63, 3.8) is 0 Å². The Labute approximate surface area is 110 Å². The van der Waals surface area contributed by atoms with Gasteiger partial charge in [0, 0.05) is 25.6 Å². The van der Waals surface area contributed by atoms with E-state index >= 15 is 0 Å². The summed E-state index contributed by atoms with van der Waals surface area (Å²) in [6.45, 7) is 4.98. The molecule has 1 amide bonds. The van der Waals surface area contributed by atoms with E-state index in [1.807, 2.05) is 0 Å². The number of carbonyl (C=O) groups excluding carboxylic acids is 1. The maximum atomic E-state index is 11.8. The average molecular weight is 254 g/mol. The van der Waals surface area contributed by atoms with Gasteiger partial charge in [-0.3, -0.25) is 4.79 Å². The standard InChI is InChI=1S/C14H26N2O2/c1-11-4-2-8-15-13(11)10-16-14(17)7-6-12-5-3-9-18-12/h11-13,15H,2-10H2,1H3,(H,16,17). The van der Waals surface area contributed by atoms with E-state index in [4.69, 9.17) is 4.74 Å². The molecule has 104 valence electrons. The smallest absolute Gasteiger partial charge is 0.220 e. The highest BCUT2D eigenvalue weighted by molar-refractivity contribution is 5.75. The molecular formula is C14H26N2O2. The molecule has 2 N–H and O–H groups in total. The number of amides is 1. The van der Waals surface area contributed by atoms with E-state index in [-0.39, 0.29) is 5.91 Å². The molecule has 3 atom stereocenters. The van der Waals surface area contributed by atoms with Gasteiger partial charge in [0.25, 0.3) is 0 Å². The molecule has 2 heterocycles. The number of nitrogens with one attached hydrogen (secondary N) is 2. The summed E-state index contributed by atoms with van der Waals surface area (Å²) in [5.74, 6) is 0.835. The van der Waals surface area contributed by atoms with Crippen molar-refractivity contribution in [2.45, 2.75) is 57.6 Å². The van der Waals surface area contributed by atoms with Crippen LogP contribution in [0.2, 0.25) is 0 Å². The zero-order valence-corrected chi connectivity index (χ0v) is 11.4. The number of hydrogen-bond donors (Lipinski definition) is 2. The lowest BCUT2D eigenvalue weighted by Crippen LogP contribution is -2.47. The van der Waals surface area contributed by atoms with Gasteiger partial charge in [0.15, 0.2) is 0 Å². The van der Waals surface area contributed by atoms with E-state index in [0.717, 1.165) is 39.0 Å². The summed E-state index contributed by atoms with van der Waals surface area (Å²) >= 11 is 0. The van der Waals surface area contributed by atoms with Crippen LogP contribution in [0, 0.1) is 5.92 Å². The van der Waals surface area contributed by atoms with Crippen LogP contribution in [0.25, 0.3) is 0 Å². The Kier molecular flexibility index (Phi) is 5.45. The minimum absolute atomic E-state index is 0.171. The molecule has 2 aliphatic heterocycles. The summed E-state index contributed by atoms with van der Waals surface area (Å²) in [6.07, 6.45) is 6.59. The molecule has 4 heteroatoms. The Morgan fingerprint density at radius 1 is 1.39 bits per heavy atom. The van der Waals surface area contributed by atoms with E-state index in [1.165, 1.54) is 12.8 Å². The molecule has 0 aliphatic carbocycles. The quantitative estimate of drug-likeness (QED) is 0.781. The molecule has 4 nitrogen and oxygen atoms in total. The molecule has 0 aromatic heterocycles. The van der Waals surface area contributed by atoms with Crippen molar-refractivity contribution in [2.75, 3.05) is 19.7 Å². The van der Waals surface area contributed by atoms with Crippen molar-refractivity contribution in [3.8, 4) is 0 Å². The molecule has 2 saturated heterocycles. The first-order chi connectivity index (χ1) is 8.75. The number of piperidine rings is 1. The van der Waals surface area contributed by atoms with E-state index in [1.54, 1.807) is 0 Å². The van der Waals surface area contributed by atoms with Gasteiger partial charge in [-0.2, -0.15) is 0 Å². The van der Waals surface area contributed by atoms with E-state index in [9.17, 15) is 4.79 Å². The zero-order chi connectivity index (χ0) is 12.8. The van der Waals surface area contributed by atoms with Gasteiger partial charge in [0.2, 0.25) is 5.91 Å². The first-order valence-corrected chi connectivity index (χ1v) is 7.37. The number of ether oxygens (including phenoxy) is 1. The highest BCUT2D eigenvalue weighted by atomic mass is 16.5. The molecular weight excluding hydrogens is 228 g/mol. The lowest BCUT2D eigenvalue weighted by atomic mass is 9.93. The minimum atomic E-state index is 0.171. The maximum Gasteiger partial charge on any atom is 0.220 e. The first kappa shape index (κ1) is 13.8. The molecule has 2 fully saturated rings. The summed E-state index contributed by atoms with van der Waals surface area (Å²) in [6, 6.07) is 0.449. The Bertz CT molecular complexity index is 265. The van der Waals surface area contributed by atoms with Crippen LogP contribution in [0.1, 0.15) is 45.4 Å². The number of rotatable bonds is 5. The Hall–Kier alpha value is -0.610. The molecule has 2 rings (SSSR count). The second-order valence-corrected chi connectivity index (χ2v) is 5.66. The van der Waals surface area contributed by atoms with Crippen molar-refractivity contribution in [3.05, 3.63) is 0 Å². The third-order valence-electron chi connectivity index (χ3n) is 4.17. The molecule has 0 aromatic rings. The largest absolute Gasteiger partial charge is 0.378 e. The van der Waals surface area contributed by atoms with Gasteiger partial charge >= 0.3 is 0 Å². The third kappa shape index (κ3) is 4.25. The highest BCUT2D eigenvalue weighted by Gasteiger charge is 2.21. The van der Waals surface area contributed by atoms with Gasteiger partial charge < -0.3 is 15.4 Å². The first-order valence-electron chi connectivity index (χ1n) is 7.37. The summed E-state index contributed by atoms with van der Waals surface area (Å²) < 4.78 is 5.52. The van der Waals surface area contributed by atoms with Crippen LogP contribution in [0.5, 0.6) is 0 Å². The van der Waals surface area contributed by atoms with Crippen LogP contribution in [-0.2, 0) is 9.53 Å². The SMILES string of the molecule is CC1CCCNC1CNC(=O)CCC1CCCO1. The Morgan fingerprint density at radius 2 is 2.28 bits per heavy atom. The van der Waals surface area contributed by atoms with Crippen LogP contribution >= 0.6 is 0 Å². The van der Waals surface area contributed by atoms with Gasteiger partial charge in [0.1, 0.15) is 0 Å². The summed E-state index contributed by atoms with van der Waals surface area (Å²) in [7, 11) is 0. The van der Waals surface area contributed by atoms with Crippen LogP contribution in [0.15, 0.2) is 0 Å². The molecule has 0 bridgehead atoms. The fourth-order valence-electron chi connectivity index (χ4n) is 2.86. The fourth-order valence-corrected chi connectivity index (χ4v) is 2.86. The highest BCUT2D eigenvalue weighted by Crippen LogP contribution is 2.17.